The van der Waals surface area contributed by atoms with E-state index in [1.54, 1.807) is 6.08 Å². The monoisotopic (exact) mass is 262 g/mol. The van der Waals surface area contributed by atoms with E-state index in [-0.39, 0.29) is 29.1 Å². The molecule has 3 aliphatic rings. The SMILES string of the molecule is C=C1C(=O)C=C[C@@]2(C)C[C@H]3OC(=O)[C@](C)(O)[C@H]3C[C@@H]12. The van der Waals surface area contributed by atoms with E-state index in [0.29, 0.717) is 18.4 Å². The molecule has 0 aromatic rings. The van der Waals surface area contributed by atoms with Gasteiger partial charge in [0.2, 0.25) is 0 Å². The Morgan fingerprint density at radius 2 is 2.11 bits per heavy atom. The molecule has 3 rings (SSSR count). The van der Waals surface area contributed by atoms with Gasteiger partial charge in [-0.2, -0.15) is 0 Å². The fourth-order valence-corrected chi connectivity index (χ4v) is 3.79. The van der Waals surface area contributed by atoms with Crippen molar-refractivity contribution in [3.05, 3.63) is 24.3 Å². The highest BCUT2D eigenvalue weighted by Crippen LogP contribution is 2.54. The largest absolute Gasteiger partial charge is 0.460 e. The Labute approximate surface area is 112 Å². The van der Waals surface area contributed by atoms with Crippen molar-refractivity contribution in [3.63, 3.8) is 0 Å². The predicted octanol–water partition coefficient (Wildman–Crippen LogP) is 1.39. The van der Waals surface area contributed by atoms with Gasteiger partial charge in [-0.25, -0.2) is 4.79 Å². The molecule has 1 aliphatic heterocycles. The lowest BCUT2D eigenvalue weighted by molar-refractivity contribution is -0.154. The van der Waals surface area contributed by atoms with Gasteiger partial charge in [-0.3, -0.25) is 4.79 Å². The summed E-state index contributed by atoms with van der Waals surface area (Å²) >= 11 is 0. The fraction of sp³-hybridized carbons (Fsp3) is 0.600. The van der Waals surface area contributed by atoms with Gasteiger partial charge in [0.1, 0.15) is 6.10 Å². The van der Waals surface area contributed by atoms with Gasteiger partial charge >= 0.3 is 5.97 Å². The molecule has 2 aliphatic carbocycles. The number of esters is 1. The second kappa shape index (κ2) is 3.57. The highest BCUT2D eigenvalue weighted by Gasteiger charge is 2.60. The molecule has 1 saturated heterocycles. The van der Waals surface area contributed by atoms with E-state index in [1.807, 2.05) is 6.08 Å². The number of rotatable bonds is 0. The van der Waals surface area contributed by atoms with Crippen LogP contribution in [0.15, 0.2) is 24.3 Å². The van der Waals surface area contributed by atoms with E-state index in [1.165, 1.54) is 6.92 Å². The number of ketones is 1. The minimum absolute atomic E-state index is 0.0211. The summed E-state index contributed by atoms with van der Waals surface area (Å²) in [5.41, 5.74) is -1.08. The summed E-state index contributed by atoms with van der Waals surface area (Å²) < 4.78 is 5.32. The summed E-state index contributed by atoms with van der Waals surface area (Å²) in [6, 6.07) is 0. The lowest BCUT2D eigenvalue weighted by atomic mass is 9.57. The van der Waals surface area contributed by atoms with Gasteiger partial charge in [0, 0.05) is 5.92 Å². The normalized spacial score (nSPS) is 48.8. The topological polar surface area (TPSA) is 63.6 Å². The van der Waals surface area contributed by atoms with Gasteiger partial charge in [-0.05, 0) is 42.7 Å². The average molecular weight is 262 g/mol. The summed E-state index contributed by atoms with van der Waals surface area (Å²) in [6.07, 6.45) is 4.40. The van der Waals surface area contributed by atoms with E-state index in [9.17, 15) is 14.7 Å². The molecule has 0 bridgehead atoms. The lowest BCUT2D eigenvalue weighted by Gasteiger charge is -2.47. The Hall–Kier alpha value is -1.42. The first-order valence-electron chi connectivity index (χ1n) is 6.61. The summed E-state index contributed by atoms with van der Waals surface area (Å²) in [5.74, 6) is -0.877. The molecular formula is C15H18O4. The predicted molar refractivity (Wildman–Crippen MR) is 68.1 cm³/mol. The third-order valence-corrected chi connectivity index (χ3v) is 5.12. The van der Waals surface area contributed by atoms with Crippen LogP contribution in [0.3, 0.4) is 0 Å². The standard InChI is InChI=1S/C15H18O4/c1-8-9-6-10-12(19-13(17)15(10,3)18)7-14(9,2)5-4-11(8)16/h4-5,9-10,12,18H,1,6-7H2,2-3H3/t9-,10-,12+,14-,15+/m0/s1. The van der Waals surface area contributed by atoms with E-state index >= 15 is 0 Å². The van der Waals surface area contributed by atoms with Crippen LogP contribution in [0.25, 0.3) is 0 Å². The average Bonchev–Trinajstić information content (AvgIpc) is 2.53. The Morgan fingerprint density at radius 3 is 2.79 bits per heavy atom. The summed E-state index contributed by atoms with van der Waals surface area (Å²) in [7, 11) is 0. The number of ether oxygens (including phenoxy) is 1. The number of carbonyl (C=O) groups excluding carboxylic acids is 2. The first-order chi connectivity index (χ1) is 8.75. The van der Waals surface area contributed by atoms with Crippen LogP contribution in [-0.2, 0) is 14.3 Å². The second-order valence-corrected chi connectivity index (χ2v) is 6.42. The molecule has 4 nitrogen and oxygen atoms in total. The molecule has 0 radical (unpaired) electrons. The maximum absolute atomic E-state index is 11.8. The number of fused-ring (bicyclic) bond motifs is 2. The highest BCUT2D eigenvalue weighted by atomic mass is 16.6. The number of hydrogen-bond acceptors (Lipinski definition) is 4. The zero-order valence-electron chi connectivity index (χ0n) is 11.2. The van der Waals surface area contributed by atoms with Crippen molar-refractivity contribution in [2.45, 2.75) is 38.4 Å². The Bertz CT molecular complexity index is 516. The molecule has 1 saturated carbocycles. The Kier molecular flexibility index (Phi) is 2.37. The van der Waals surface area contributed by atoms with Gasteiger partial charge < -0.3 is 9.84 Å². The van der Waals surface area contributed by atoms with Gasteiger partial charge in [0.15, 0.2) is 11.4 Å². The second-order valence-electron chi connectivity index (χ2n) is 6.42. The van der Waals surface area contributed by atoms with Crippen LogP contribution in [0.1, 0.15) is 26.7 Å². The molecule has 2 fully saturated rings. The number of allylic oxidation sites excluding steroid dienone is 3. The molecule has 0 amide bonds. The van der Waals surface area contributed by atoms with E-state index in [4.69, 9.17) is 4.74 Å². The maximum Gasteiger partial charge on any atom is 0.338 e. The number of aliphatic hydroxyl groups is 1. The summed E-state index contributed by atoms with van der Waals surface area (Å²) in [4.78, 5) is 23.5. The minimum Gasteiger partial charge on any atom is -0.460 e. The zero-order chi connectivity index (χ0) is 14.0. The molecule has 1 N–H and O–H groups in total. The molecule has 102 valence electrons. The van der Waals surface area contributed by atoms with Crippen molar-refractivity contribution >= 4 is 11.8 Å². The first-order valence-corrected chi connectivity index (χ1v) is 6.61. The van der Waals surface area contributed by atoms with E-state index in [2.05, 4.69) is 13.5 Å². The van der Waals surface area contributed by atoms with E-state index < -0.39 is 11.6 Å². The van der Waals surface area contributed by atoms with Crippen molar-refractivity contribution in [2.24, 2.45) is 17.3 Å². The quantitative estimate of drug-likeness (QED) is 0.529. The smallest absolute Gasteiger partial charge is 0.338 e. The Morgan fingerprint density at radius 1 is 1.42 bits per heavy atom. The van der Waals surface area contributed by atoms with E-state index in [0.717, 1.165) is 0 Å². The van der Waals surface area contributed by atoms with Crippen molar-refractivity contribution in [3.8, 4) is 0 Å². The van der Waals surface area contributed by atoms with Gasteiger partial charge in [-0.15, -0.1) is 0 Å². The van der Waals surface area contributed by atoms with Crippen molar-refractivity contribution in [2.75, 3.05) is 0 Å². The van der Waals surface area contributed by atoms with Crippen LogP contribution in [0.5, 0.6) is 0 Å². The molecule has 0 unspecified atom stereocenters. The lowest BCUT2D eigenvalue weighted by Crippen LogP contribution is -2.48. The molecule has 1 heterocycles. The van der Waals surface area contributed by atoms with Crippen molar-refractivity contribution in [1.29, 1.82) is 0 Å². The highest BCUT2D eigenvalue weighted by molar-refractivity contribution is 6.05. The van der Waals surface area contributed by atoms with Crippen molar-refractivity contribution in [1.82, 2.24) is 0 Å². The first kappa shape index (κ1) is 12.6. The zero-order valence-corrected chi connectivity index (χ0v) is 11.2. The van der Waals surface area contributed by atoms with Gasteiger partial charge in [0.25, 0.3) is 0 Å². The molecule has 5 atom stereocenters. The molecule has 19 heavy (non-hydrogen) atoms. The summed E-state index contributed by atoms with van der Waals surface area (Å²) in [6.45, 7) is 7.46. The van der Waals surface area contributed by atoms with Crippen LogP contribution < -0.4 is 0 Å². The van der Waals surface area contributed by atoms with Gasteiger partial charge in [-0.1, -0.05) is 19.6 Å². The van der Waals surface area contributed by atoms with Crippen molar-refractivity contribution < 1.29 is 19.4 Å². The van der Waals surface area contributed by atoms with Crippen LogP contribution in [0, 0.1) is 17.3 Å². The molecule has 4 heteroatoms. The fourth-order valence-electron chi connectivity index (χ4n) is 3.79. The minimum atomic E-state index is -1.45. The maximum atomic E-state index is 11.8. The third kappa shape index (κ3) is 1.56. The van der Waals surface area contributed by atoms with Crippen LogP contribution >= 0.6 is 0 Å². The van der Waals surface area contributed by atoms with Crippen LogP contribution in [0.4, 0.5) is 0 Å². The van der Waals surface area contributed by atoms with Crippen LogP contribution in [0.2, 0.25) is 0 Å². The third-order valence-electron chi connectivity index (χ3n) is 5.12. The number of hydrogen-bond donors (Lipinski definition) is 1. The van der Waals surface area contributed by atoms with Crippen LogP contribution in [-0.4, -0.2) is 28.6 Å². The summed E-state index contributed by atoms with van der Waals surface area (Å²) in [5, 5.41) is 10.3. The molecule has 0 aromatic carbocycles. The van der Waals surface area contributed by atoms with Gasteiger partial charge in [0.05, 0.1) is 0 Å². The Balaban J connectivity index is 1.99. The number of carbonyl (C=O) groups is 2. The molecule has 0 aromatic heterocycles. The molecule has 0 spiro atoms. The molecular weight excluding hydrogens is 244 g/mol.